The number of carbonyl (C=O) groups excluding carboxylic acids is 1. The molecule has 1 aromatic rings. The van der Waals surface area contributed by atoms with Crippen LogP contribution in [0.3, 0.4) is 0 Å². The van der Waals surface area contributed by atoms with Gasteiger partial charge in [-0.15, -0.1) is 0 Å². The predicted octanol–water partition coefficient (Wildman–Crippen LogP) is 9.46. The van der Waals surface area contributed by atoms with E-state index in [1.54, 1.807) is 0 Å². The second-order valence-corrected chi connectivity index (χ2v) is 24.5. The van der Waals surface area contributed by atoms with Crippen LogP contribution in [-0.2, 0) is 31.2 Å². The lowest BCUT2D eigenvalue weighted by Gasteiger charge is -2.40. The first-order chi connectivity index (χ1) is 18.4. The van der Waals surface area contributed by atoms with E-state index in [0.29, 0.717) is 6.42 Å². The minimum absolute atomic E-state index is 0.127. The summed E-state index contributed by atoms with van der Waals surface area (Å²) in [6, 6.07) is 2.36. The molecule has 0 aliphatic heterocycles. The Morgan fingerprint density at radius 2 is 1.68 bits per heavy atom. The quantitative estimate of drug-likeness (QED) is 0.0955. The number of hydrogen-bond acceptors (Lipinski definition) is 4. The molecule has 2 rings (SSSR count). The maximum atomic E-state index is 11.5. The molecule has 7 heteroatoms. The summed E-state index contributed by atoms with van der Waals surface area (Å²) < 4.78 is 18.8. The van der Waals surface area contributed by atoms with Crippen LogP contribution in [-0.4, -0.2) is 46.9 Å². The number of carbonyl (C=O) groups is 1. The molecular weight excluding hydrogens is 531 g/mol. The highest BCUT2D eigenvalue weighted by Gasteiger charge is 2.44. The summed E-state index contributed by atoms with van der Waals surface area (Å²) in [5.74, 6) is 0.0964. The highest BCUT2D eigenvalue weighted by atomic mass is 28.4. The molecule has 0 bridgehead atoms. The first-order valence-corrected chi connectivity index (χ1v) is 21.5. The number of aryl methyl sites for hydroxylation is 1. The molecular formula is C33H61NO4Si2. The minimum Gasteiger partial charge on any atom is -0.469 e. The third-order valence-electron chi connectivity index (χ3n) is 9.59. The van der Waals surface area contributed by atoms with E-state index in [1.165, 1.54) is 43.3 Å². The highest BCUT2D eigenvalue weighted by Crippen LogP contribution is 2.44. The molecule has 1 aliphatic carbocycles. The molecule has 0 unspecified atom stereocenters. The Balaban J connectivity index is 2.31. The Hall–Kier alpha value is -1.16. The number of rotatable bonds is 15. The van der Waals surface area contributed by atoms with E-state index in [4.69, 9.17) is 13.6 Å². The van der Waals surface area contributed by atoms with Gasteiger partial charge in [-0.3, -0.25) is 4.79 Å². The van der Waals surface area contributed by atoms with E-state index in [1.807, 2.05) is 0 Å². The number of H-pyrrole nitrogens is 1. The third-order valence-corrected chi connectivity index (χ3v) is 18.6. The third kappa shape index (κ3) is 9.70. The SMILES string of the molecule is CCCCC[C@@H](/C=C/[C@@H]1c2cc(CCCCC(=O)OC)[nH]c2C[C@H]1O[Si](C)(C)C(C)(C)C)O[Si](C)(C)C(C)(C)C. The van der Waals surface area contributed by atoms with Crippen molar-refractivity contribution in [2.75, 3.05) is 7.11 Å². The van der Waals surface area contributed by atoms with Gasteiger partial charge in [0, 0.05) is 30.1 Å². The largest absolute Gasteiger partial charge is 0.469 e. The summed E-state index contributed by atoms with van der Waals surface area (Å²) in [5, 5.41) is 0.345. The Morgan fingerprint density at radius 1 is 1.02 bits per heavy atom. The lowest BCUT2D eigenvalue weighted by molar-refractivity contribution is -0.140. The van der Waals surface area contributed by atoms with Gasteiger partial charge in [0.25, 0.3) is 0 Å². The lowest BCUT2D eigenvalue weighted by atomic mass is 9.98. The molecule has 0 amide bonds. The molecule has 0 saturated carbocycles. The van der Waals surface area contributed by atoms with Crippen LogP contribution in [0.2, 0.25) is 36.3 Å². The standard InChI is InChI=1S/C33H61NO4Si2/c1-13-14-15-19-26(37-39(9,10)32(2,3)4)21-22-27-28-23-25(18-16-17-20-31(35)36-8)34-29(28)24-30(27)38-40(11,12)33(5,6)7/h21-23,26-27,30,34H,13-20,24H2,1-12H3/b22-21+/t26-,27+,30+/m0/s1. The van der Waals surface area contributed by atoms with Gasteiger partial charge in [0.2, 0.25) is 0 Å². The van der Waals surface area contributed by atoms with Crippen LogP contribution in [0.15, 0.2) is 18.2 Å². The summed E-state index contributed by atoms with van der Waals surface area (Å²) in [5.41, 5.74) is 3.95. The molecule has 0 saturated heterocycles. The Morgan fingerprint density at radius 3 is 2.25 bits per heavy atom. The normalized spacial score (nSPS) is 19.3. The molecule has 3 atom stereocenters. The zero-order chi connectivity index (χ0) is 30.4. The highest BCUT2D eigenvalue weighted by molar-refractivity contribution is 6.74. The summed E-state index contributed by atoms with van der Waals surface area (Å²) in [6.07, 6.45) is 14.0. The monoisotopic (exact) mass is 591 g/mol. The Bertz CT molecular complexity index is 968. The van der Waals surface area contributed by atoms with Gasteiger partial charge in [-0.05, 0) is 73.6 Å². The van der Waals surface area contributed by atoms with Gasteiger partial charge in [-0.25, -0.2) is 0 Å². The fraction of sp³-hybridized carbons (Fsp3) is 0.788. The minimum atomic E-state index is -1.94. The number of ether oxygens (including phenoxy) is 1. The first kappa shape index (κ1) is 35.0. The maximum Gasteiger partial charge on any atom is 0.305 e. The van der Waals surface area contributed by atoms with Crippen LogP contribution >= 0.6 is 0 Å². The van der Waals surface area contributed by atoms with E-state index in [0.717, 1.165) is 32.1 Å². The second kappa shape index (κ2) is 14.3. The zero-order valence-electron chi connectivity index (χ0n) is 28.0. The molecule has 1 heterocycles. The molecule has 40 heavy (non-hydrogen) atoms. The number of unbranched alkanes of at least 4 members (excludes halogenated alkanes) is 3. The van der Waals surface area contributed by atoms with Crippen LogP contribution in [0, 0.1) is 0 Å². The van der Waals surface area contributed by atoms with Crippen LogP contribution in [0.4, 0.5) is 0 Å². The van der Waals surface area contributed by atoms with Crippen LogP contribution < -0.4 is 0 Å². The van der Waals surface area contributed by atoms with Gasteiger partial charge < -0.3 is 18.6 Å². The van der Waals surface area contributed by atoms with E-state index < -0.39 is 16.6 Å². The summed E-state index contributed by atoms with van der Waals surface area (Å²) >= 11 is 0. The molecule has 1 aliphatic rings. The van der Waals surface area contributed by atoms with Crippen LogP contribution in [0.5, 0.6) is 0 Å². The van der Waals surface area contributed by atoms with Gasteiger partial charge in [0.15, 0.2) is 16.6 Å². The number of aromatic amines is 1. The number of nitrogens with one attached hydrogen (secondary N) is 1. The Labute approximate surface area is 248 Å². The van der Waals surface area contributed by atoms with Crippen molar-refractivity contribution >= 4 is 22.6 Å². The number of fused-ring (bicyclic) bond motifs is 1. The maximum absolute atomic E-state index is 11.5. The van der Waals surface area contributed by atoms with E-state index in [9.17, 15) is 4.79 Å². The summed E-state index contributed by atoms with van der Waals surface area (Å²) in [7, 11) is -2.38. The number of aromatic nitrogens is 1. The van der Waals surface area contributed by atoms with Crippen molar-refractivity contribution in [1.29, 1.82) is 0 Å². The fourth-order valence-corrected chi connectivity index (χ4v) is 7.53. The number of hydrogen-bond donors (Lipinski definition) is 1. The van der Waals surface area contributed by atoms with E-state index >= 15 is 0 Å². The molecule has 0 spiro atoms. The van der Waals surface area contributed by atoms with Crippen molar-refractivity contribution in [2.45, 2.75) is 161 Å². The van der Waals surface area contributed by atoms with Gasteiger partial charge in [0.1, 0.15) is 0 Å². The van der Waals surface area contributed by atoms with Crippen molar-refractivity contribution in [1.82, 2.24) is 4.98 Å². The van der Waals surface area contributed by atoms with Crippen molar-refractivity contribution < 1.29 is 18.4 Å². The molecule has 230 valence electrons. The first-order valence-electron chi connectivity index (χ1n) is 15.7. The Kier molecular flexibility index (Phi) is 12.6. The average Bonchev–Trinajstić information content (AvgIpc) is 3.35. The molecule has 5 nitrogen and oxygen atoms in total. The van der Waals surface area contributed by atoms with Crippen LogP contribution in [0.1, 0.15) is 116 Å². The van der Waals surface area contributed by atoms with Crippen molar-refractivity contribution in [3.8, 4) is 0 Å². The lowest BCUT2D eigenvalue weighted by Crippen LogP contribution is -2.45. The van der Waals surface area contributed by atoms with Gasteiger partial charge in [-0.1, -0.05) is 79.9 Å². The number of esters is 1. The number of methoxy groups -OCH3 is 1. The molecule has 0 radical (unpaired) electrons. The van der Waals surface area contributed by atoms with Gasteiger partial charge in [-0.2, -0.15) is 0 Å². The zero-order valence-corrected chi connectivity index (χ0v) is 30.0. The molecule has 0 aromatic carbocycles. The summed E-state index contributed by atoms with van der Waals surface area (Å²) in [4.78, 5) is 15.2. The van der Waals surface area contributed by atoms with Crippen molar-refractivity contribution in [3.05, 3.63) is 35.2 Å². The van der Waals surface area contributed by atoms with Gasteiger partial charge in [0.05, 0.1) is 19.3 Å². The topological polar surface area (TPSA) is 60.6 Å². The van der Waals surface area contributed by atoms with Crippen LogP contribution in [0.25, 0.3) is 0 Å². The van der Waals surface area contributed by atoms with Crippen molar-refractivity contribution in [3.63, 3.8) is 0 Å². The van der Waals surface area contributed by atoms with E-state index in [2.05, 4.69) is 97.9 Å². The molecule has 0 fully saturated rings. The second-order valence-electron chi connectivity index (χ2n) is 15.0. The summed E-state index contributed by atoms with van der Waals surface area (Å²) in [6.45, 7) is 25.7. The smallest absolute Gasteiger partial charge is 0.305 e. The molecule has 1 N–H and O–H groups in total. The predicted molar refractivity (Wildman–Crippen MR) is 174 cm³/mol. The van der Waals surface area contributed by atoms with Crippen molar-refractivity contribution in [2.24, 2.45) is 0 Å². The van der Waals surface area contributed by atoms with E-state index in [-0.39, 0.29) is 34.2 Å². The molecule has 1 aromatic heterocycles. The average molecular weight is 592 g/mol. The fourth-order valence-electron chi connectivity index (χ4n) is 4.88. The van der Waals surface area contributed by atoms with Gasteiger partial charge >= 0.3 is 5.97 Å².